The molecule has 0 spiro atoms. The second-order valence-electron chi connectivity index (χ2n) is 14.1. The average Bonchev–Trinajstić information content (AvgIpc) is 3.61. The molecule has 5 aromatic carbocycles. The van der Waals surface area contributed by atoms with Crippen LogP contribution in [0.25, 0.3) is 66.6 Å². The molecule has 2 aliphatic heterocycles. The molecule has 0 radical (unpaired) electrons. The molecule has 2 nitrogen and oxygen atoms in total. The predicted molar refractivity (Wildman–Crippen MR) is 195 cm³/mol. The minimum absolute atomic E-state index is 0.972. The molecule has 2 aromatic heterocycles. The standard InChI is InChI=1S/C41H36Ge2NO/c1-25-21-22-27-26-16-13-17-30(40(26)45-41(27)36(25)35-20-11-12-23-44(35)6)39-37-28-14-7-9-18-31(28)42(2,3)33(37)24-34-38(39)29-15-8-10-19-32(29)43(34,4)5/h7-24H,1-6H3/q+1. The van der Waals surface area contributed by atoms with Crippen LogP contribution in [0.1, 0.15) is 5.56 Å². The number of rotatable bonds is 2. The third-order valence-corrected chi connectivity index (χ3v) is 25.7. The molecule has 0 saturated carbocycles. The summed E-state index contributed by atoms with van der Waals surface area (Å²) in [5.74, 6) is 10.4. The quantitative estimate of drug-likeness (QED) is 0.134. The SMILES string of the molecule is Cc1ccc2c(oc3c(-c4c5[c](c[c]6c4-c4cccc[c]4[Ge]6([CH3])[CH3])[Ge]([CH3])([CH3])[c]4ccccc4-5)cccc32)c1-c1cccc[n+]1C. The van der Waals surface area contributed by atoms with Crippen LogP contribution in [0.4, 0.5) is 0 Å². The maximum absolute atomic E-state index is 7.18. The first-order valence-corrected chi connectivity index (χ1v) is 28.6. The third-order valence-electron chi connectivity index (χ3n) is 10.9. The summed E-state index contributed by atoms with van der Waals surface area (Å²) in [5.41, 5.74) is 13.9. The molecule has 45 heavy (non-hydrogen) atoms. The normalized spacial score (nSPS) is 15.2. The van der Waals surface area contributed by atoms with Crippen LogP contribution in [-0.2, 0) is 7.05 Å². The molecule has 4 heteroatoms. The molecule has 0 bridgehead atoms. The zero-order chi connectivity index (χ0) is 30.8. The number of hydrogen-bond acceptors (Lipinski definition) is 1. The van der Waals surface area contributed by atoms with E-state index in [4.69, 9.17) is 4.42 Å². The Bertz CT molecular complexity index is 2330. The number of hydrogen-bond donors (Lipinski definition) is 0. The van der Waals surface area contributed by atoms with Gasteiger partial charge in [0.15, 0.2) is 0 Å². The predicted octanol–water partition coefficient (Wildman–Crippen LogP) is 7.66. The van der Waals surface area contributed by atoms with Gasteiger partial charge in [-0.05, 0) is 0 Å². The Labute approximate surface area is 270 Å². The zero-order valence-corrected chi connectivity index (χ0v) is 30.9. The second-order valence-corrected chi connectivity index (χ2v) is 32.2. The first-order chi connectivity index (χ1) is 21.7. The van der Waals surface area contributed by atoms with Crippen molar-refractivity contribution in [2.24, 2.45) is 7.05 Å². The van der Waals surface area contributed by atoms with Gasteiger partial charge in [0.05, 0.1) is 0 Å². The van der Waals surface area contributed by atoms with Crippen molar-refractivity contribution in [3.8, 4) is 44.6 Å². The molecule has 0 atom stereocenters. The molecule has 0 unspecified atom stereocenters. The zero-order valence-electron chi connectivity index (χ0n) is 26.7. The Hall–Kier alpha value is -3.86. The summed E-state index contributed by atoms with van der Waals surface area (Å²) in [7, 11) is 2.12. The van der Waals surface area contributed by atoms with Crippen LogP contribution >= 0.6 is 0 Å². The van der Waals surface area contributed by atoms with Crippen LogP contribution in [0.15, 0.2) is 114 Å². The molecule has 0 aliphatic carbocycles. The van der Waals surface area contributed by atoms with Gasteiger partial charge in [-0.15, -0.1) is 0 Å². The molecule has 7 aromatic rings. The number of fused-ring (bicyclic) bond motifs is 9. The molecule has 0 fully saturated rings. The van der Waals surface area contributed by atoms with Crippen LogP contribution in [0.3, 0.4) is 0 Å². The Balaban J connectivity index is 1.46. The van der Waals surface area contributed by atoms with Gasteiger partial charge in [0, 0.05) is 0 Å². The van der Waals surface area contributed by atoms with Crippen molar-refractivity contribution in [3.05, 3.63) is 115 Å². The second kappa shape index (κ2) is 9.34. The van der Waals surface area contributed by atoms with E-state index in [2.05, 4.69) is 151 Å². The summed E-state index contributed by atoms with van der Waals surface area (Å²) in [6.45, 7) is 2.20. The van der Waals surface area contributed by atoms with Gasteiger partial charge in [0.25, 0.3) is 0 Å². The van der Waals surface area contributed by atoms with Gasteiger partial charge in [0.2, 0.25) is 0 Å². The van der Waals surface area contributed by atoms with E-state index in [0.29, 0.717) is 0 Å². The van der Waals surface area contributed by atoms with Crippen molar-refractivity contribution >= 4 is 66.1 Å². The molecule has 0 N–H and O–H groups in total. The molecular formula is C41H36Ge2NO+. The van der Waals surface area contributed by atoms with Crippen molar-refractivity contribution in [1.29, 1.82) is 0 Å². The fourth-order valence-electron chi connectivity index (χ4n) is 8.54. The number of benzene rings is 5. The Morgan fingerprint density at radius 2 is 1.09 bits per heavy atom. The number of pyridine rings is 1. The first-order valence-electron chi connectivity index (χ1n) is 16.0. The van der Waals surface area contributed by atoms with Crippen LogP contribution in [0.5, 0.6) is 0 Å². The van der Waals surface area contributed by atoms with Gasteiger partial charge in [-0.3, -0.25) is 0 Å². The molecule has 0 saturated heterocycles. The monoisotopic (exact) mass is 706 g/mol. The summed E-state index contributed by atoms with van der Waals surface area (Å²) in [5, 5.41) is 2.37. The van der Waals surface area contributed by atoms with Gasteiger partial charge in [0.1, 0.15) is 0 Å². The number of aryl methyl sites for hydroxylation is 2. The fourth-order valence-corrected chi connectivity index (χ4v) is 22.1. The van der Waals surface area contributed by atoms with Crippen LogP contribution < -0.4 is 22.2 Å². The van der Waals surface area contributed by atoms with Crippen molar-refractivity contribution in [1.82, 2.24) is 0 Å². The van der Waals surface area contributed by atoms with E-state index in [9.17, 15) is 0 Å². The van der Waals surface area contributed by atoms with Crippen molar-refractivity contribution in [3.63, 3.8) is 0 Å². The topological polar surface area (TPSA) is 17.0 Å². The molecule has 218 valence electrons. The average molecular weight is 704 g/mol. The third kappa shape index (κ3) is 3.56. The van der Waals surface area contributed by atoms with Gasteiger partial charge in [-0.25, -0.2) is 0 Å². The van der Waals surface area contributed by atoms with Gasteiger partial charge >= 0.3 is 272 Å². The van der Waals surface area contributed by atoms with E-state index >= 15 is 0 Å². The van der Waals surface area contributed by atoms with E-state index < -0.39 is 26.5 Å². The summed E-state index contributed by atoms with van der Waals surface area (Å²) in [4.78, 5) is 0. The fraction of sp³-hybridized carbons (Fsp3) is 0.146. The van der Waals surface area contributed by atoms with Crippen LogP contribution in [0.2, 0.25) is 23.0 Å². The molecule has 2 aliphatic rings. The number of aromatic nitrogens is 1. The molecule has 9 rings (SSSR count). The van der Waals surface area contributed by atoms with E-state index in [1.165, 1.54) is 55.3 Å². The Kier molecular flexibility index (Phi) is 5.70. The van der Waals surface area contributed by atoms with E-state index in [-0.39, 0.29) is 0 Å². The summed E-state index contributed by atoms with van der Waals surface area (Å²) < 4.78 is 15.8. The van der Waals surface area contributed by atoms with E-state index in [0.717, 1.165) is 16.9 Å². The van der Waals surface area contributed by atoms with Crippen molar-refractivity contribution in [2.45, 2.75) is 29.9 Å². The van der Waals surface area contributed by atoms with Gasteiger partial charge in [-0.2, -0.15) is 0 Å². The maximum atomic E-state index is 7.18. The Morgan fingerprint density at radius 3 is 1.73 bits per heavy atom. The van der Waals surface area contributed by atoms with Crippen molar-refractivity contribution in [2.75, 3.05) is 0 Å². The Morgan fingerprint density at radius 1 is 0.511 bits per heavy atom. The number of furan rings is 1. The van der Waals surface area contributed by atoms with E-state index in [1.54, 1.807) is 17.6 Å². The van der Waals surface area contributed by atoms with Crippen molar-refractivity contribution < 1.29 is 8.98 Å². The number of para-hydroxylation sites is 1. The summed E-state index contributed by atoms with van der Waals surface area (Å²) >= 11 is -5.13. The molecular weight excluding hydrogens is 668 g/mol. The first kappa shape index (κ1) is 27.4. The van der Waals surface area contributed by atoms with E-state index in [1.807, 2.05) is 0 Å². The van der Waals surface area contributed by atoms with Crippen LogP contribution in [0, 0.1) is 6.92 Å². The molecule has 4 heterocycles. The summed E-state index contributed by atoms with van der Waals surface area (Å²) in [6, 6.07) is 39.0. The van der Waals surface area contributed by atoms with Crippen LogP contribution in [-0.4, -0.2) is 26.5 Å². The van der Waals surface area contributed by atoms with Gasteiger partial charge in [-0.1, -0.05) is 0 Å². The van der Waals surface area contributed by atoms with Gasteiger partial charge < -0.3 is 0 Å². The minimum atomic E-state index is -2.57. The number of nitrogens with zero attached hydrogens (tertiary/aromatic N) is 1. The molecule has 0 amide bonds. The summed E-state index contributed by atoms with van der Waals surface area (Å²) in [6.07, 6.45) is 2.12.